The Bertz CT molecular complexity index is 179. The van der Waals surface area contributed by atoms with Gasteiger partial charge < -0.3 is 9.84 Å². The SMILES string of the molecule is CC1CCCCC1(C)OC(=O)O. The number of ether oxygens (including phenoxy) is 1. The fourth-order valence-corrected chi connectivity index (χ4v) is 1.83. The third-order valence-electron chi connectivity index (χ3n) is 2.92. The van der Waals surface area contributed by atoms with Crippen LogP contribution in [0.2, 0.25) is 0 Å². The molecule has 3 nitrogen and oxygen atoms in total. The van der Waals surface area contributed by atoms with Gasteiger partial charge in [-0.3, -0.25) is 0 Å². The number of carbonyl (C=O) groups is 1. The second kappa shape index (κ2) is 3.33. The number of carboxylic acid groups (broad SMARTS) is 1. The summed E-state index contributed by atoms with van der Waals surface area (Å²) in [4.78, 5) is 10.4. The van der Waals surface area contributed by atoms with E-state index in [0.29, 0.717) is 5.92 Å². The van der Waals surface area contributed by atoms with Crippen LogP contribution in [0.15, 0.2) is 0 Å². The highest BCUT2D eigenvalue weighted by molar-refractivity contribution is 5.57. The molecule has 70 valence electrons. The standard InChI is InChI=1S/C9H16O3/c1-7-5-3-4-6-9(7,2)12-8(10)11/h7H,3-6H2,1-2H3,(H,10,11). The van der Waals surface area contributed by atoms with Crippen molar-refractivity contribution in [2.75, 3.05) is 0 Å². The van der Waals surface area contributed by atoms with Crippen LogP contribution in [0.4, 0.5) is 4.79 Å². The highest BCUT2D eigenvalue weighted by atomic mass is 16.7. The fraction of sp³-hybridized carbons (Fsp3) is 0.889. The van der Waals surface area contributed by atoms with Crippen molar-refractivity contribution in [1.82, 2.24) is 0 Å². The topological polar surface area (TPSA) is 46.5 Å². The number of hydrogen-bond acceptors (Lipinski definition) is 2. The molecule has 1 aliphatic rings. The summed E-state index contributed by atoms with van der Waals surface area (Å²) >= 11 is 0. The minimum Gasteiger partial charge on any atom is -0.450 e. The van der Waals surface area contributed by atoms with Gasteiger partial charge in [-0.2, -0.15) is 0 Å². The third-order valence-corrected chi connectivity index (χ3v) is 2.92. The molecule has 0 aromatic rings. The van der Waals surface area contributed by atoms with Crippen molar-refractivity contribution >= 4 is 6.16 Å². The van der Waals surface area contributed by atoms with Crippen LogP contribution in [-0.4, -0.2) is 16.9 Å². The van der Waals surface area contributed by atoms with E-state index >= 15 is 0 Å². The minimum absolute atomic E-state index is 0.349. The van der Waals surface area contributed by atoms with Crippen LogP contribution in [0.3, 0.4) is 0 Å². The normalized spacial score (nSPS) is 36.0. The van der Waals surface area contributed by atoms with E-state index in [4.69, 9.17) is 9.84 Å². The van der Waals surface area contributed by atoms with Crippen molar-refractivity contribution in [3.63, 3.8) is 0 Å². The first-order valence-corrected chi connectivity index (χ1v) is 4.46. The zero-order chi connectivity index (χ0) is 9.19. The van der Waals surface area contributed by atoms with E-state index in [1.54, 1.807) is 0 Å². The first kappa shape index (κ1) is 9.36. The molecule has 0 amide bonds. The Labute approximate surface area is 72.7 Å². The molecule has 0 bridgehead atoms. The fourth-order valence-electron chi connectivity index (χ4n) is 1.83. The summed E-state index contributed by atoms with van der Waals surface area (Å²) in [5.74, 6) is 0.349. The van der Waals surface area contributed by atoms with E-state index in [-0.39, 0.29) is 0 Å². The molecular weight excluding hydrogens is 156 g/mol. The van der Waals surface area contributed by atoms with Crippen molar-refractivity contribution in [3.05, 3.63) is 0 Å². The van der Waals surface area contributed by atoms with Crippen LogP contribution in [0, 0.1) is 5.92 Å². The molecule has 0 spiro atoms. The van der Waals surface area contributed by atoms with Crippen LogP contribution in [0.25, 0.3) is 0 Å². The van der Waals surface area contributed by atoms with E-state index in [2.05, 4.69) is 6.92 Å². The summed E-state index contributed by atoms with van der Waals surface area (Å²) in [6, 6.07) is 0. The van der Waals surface area contributed by atoms with Gasteiger partial charge in [0, 0.05) is 0 Å². The Kier molecular flexibility index (Phi) is 2.60. The summed E-state index contributed by atoms with van der Waals surface area (Å²) in [6.45, 7) is 3.95. The maximum Gasteiger partial charge on any atom is 0.506 e. The summed E-state index contributed by atoms with van der Waals surface area (Å²) in [7, 11) is 0. The van der Waals surface area contributed by atoms with E-state index < -0.39 is 11.8 Å². The molecule has 0 radical (unpaired) electrons. The average molecular weight is 172 g/mol. The summed E-state index contributed by atoms with van der Waals surface area (Å²) in [6.07, 6.45) is 3.06. The zero-order valence-electron chi connectivity index (χ0n) is 7.67. The van der Waals surface area contributed by atoms with Crippen LogP contribution < -0.4 is 0 Å². The number of rotatable bonds is 1. The molecule has 3 heteroatoms. The summed E-state index contributed by atoms with van der Waals surface area (Å²) in [5, 5.41) is 8.53. The summed E-state index contributed by atoms with van der Waals surface area (Å²) in [5.41, 5.74) is -0.440. The van der Waals surface area contributed by atoms with Gasteiger partial charge in [-0.15, -0.1) is 0 Å². The molecule has 1 saturated carbocycles. The largest absolute Gasteiger partial charge is 0.506 e. The van der Waals surface area contributed by atoms with Crippen LogP contribution >= 0.6 is 0 Å². The molecule has 0 aliphatic heterocycles. The van der Waals surface area contributed by atoms with Crippen molar-refractivity contribution in [3.8, 4) is 0 Å². The lowest BCUT2D eigenvalue weighted by atomic mass is 9.77. The van der Waals surface area contributed by atoms with Crippen LogP contribution in [0.5, 0.6) is 0 Å². The summed E-state index contributed by atoms with van der Waals surface area (Å²) < 4.78 is 4.91. The van der Waals surface area contributed by atoms with E-state index in [1.807, 2.05) is 6.92 Å². The Morgan fingerprint density at radius 1 is 1.58 bits per heavy atom. The molecule has 1 rings (SSSR count). The van der Waals surface area contributed by atoms with Gasteiger partial charge in [0.05, 0.1) is 0 Å². The second-order valence-corrected chi connectivity index (χ2v) is 3.83. The monoisotopic (exact) mass is 172 g/mol. The van der Waals surface area contributed by atoms with Crippen LogP contribution in [0.1, 0.15) is 39.5 Å². The van der Waals surface area contributed by atoms with Crippen molar-refractivity contribution in [2.45, 2.75) is 45.1 Å². The first-order valence-electron chi connectivity index (χ1n) is 4.46. The lowest BCUT2D eigenvalue weighted by molar-refractivity contribution is -0.0605. The Morgan fingerprint density at radius 2 is 2.25 bits per heavy atom. The maximum absolute atomic E-state index is 10.4. The predicted molar refractivity (Wildman–Crippen MR) is 45.1 cm³/mol. The molecule has 1 N–H and O–H groups in total. The predicted octanol–water partition coefficient (Wildman–Crippen LogP) is 2.65. The highest BCUT2D eigenvalue weighted by Gasteiger charge is 2.37. The van der Waals surface area contributed by atoms with Gasteiger partial charge in [0.25, 0.3) is 0 Å². The molecule has 0 saturated heterocycles. The molecule has 12 heavy (non-hydrogen) atoms. The Morgan fingerprint density at radius 3 is 2.75 bits per heavy atom. The molecule has 0 heterocycles. The molecule has 0 aromatic heterocycles. The van der Waals surface area contributed by atoms with Crippen molar-refractivity contribution in [2.24, 2.45) is 5.92 Å². The van der Waals surface area contributed by atoms with Crippen LogP contribution in [-0.2, 0) is 4.74 Å². The van der Waals surface area contributed by atoms with E-state index in [0.717, 1.165) is 19.3 Å². The van der Waals surface area contributed by atoms with Gasteiger partial charge in [0.2, 0.25) is 0 Å². The van der Waals surface area contributed by atoms with Gasteiger partial charge >= 0.3 is 6.16 Å². The third kappa shape index (κ3) is 1.90. The lowest BCUT2D eigenvalue weighted by Gasteiger charge is -2.37. The quantitative estimate of drug-likeness (QED) is 0.618. The van der Waals surface area contributed by atoms with Gasteiger partial charge in [0.15, 0.2) is 0 Å². The van der Waals surface area contributed by atoms with Crippen molar-refractivity contribution in [1.29, 1.82) is 0 Å². The van der Waals surface area contributed by atoms with Gasteiger partial charge in [-0.1, -0.05) is 13.3 Å². The van der Waals surface area contributed by atoms with Gasteiger partial charge in [-0.25, -0.2) is 4.79 Å². The lowest BCUT2D eigenvalue weighted by Crippen LogP contribution is -2.40. The Hall–Kier alpha value is -0.730. The highest BCUT2D eigenvalue weighted by Crippen LogP contribution is 2.36. The molecule has 2 unspecified atom stereocenters. The smallest absolute Gasteiger partial charge is 0.450 e. The van der Waals surface area contributed by atoms with E-state index in [9.17, 15) is 4.79 Å². The van der Waals surface area contributed by atoms with Gasteiger partial charge in [-0.05, 0) is 32.1 Å². The van der Waals surface area contributed by atoms with E-state index in [1.165, 1.54) is 6.42 Å². The van der Waals surface area contributed by atoms with Crippen molar-refractivity contribution < 1.29 is 14.6 Å². The first-order chi connectivity index (χ1) is 5.54. The second-order valence-electron chi connectivity index (χ2n) is 3.83. The molecule has 1 fully saturated rings. The van der Waals surface area contributed by atoms with Gasteiger partial charge in [0.1, 0.15) is 5.60 Å². The minimum atomic E-state index is -1.15. The number of hydrogen-bond donors (Lipinski definition) is 1. The Balaban J connectivity index is 2.59. The molecular formula is C9H16O3. The molecule has 1 aliphatic carbocycles. The molecule has 2 atom stereocenters. The molecule has 0 aromatic carbocycles. The maximum atomic E-state index is 10.4. The average Bonchev–Trinajstić information content (AvgIpc) is 1.94. The zero-order valence-corrected chi connectivity index (χ0v) is 7.67.